The second-order valence-electron chi connectivity index (χ2n) is 6.14. The van der Waals surface area contributed by atoms with Gasteiger partial charge in [0.2, 0.25) is 11.8 Å². The minimum atomic E-state index is -0.225. The van der Waals surface area contributed by atoms with Crippen molar-refractivity contribution >= 4 is 11.8 Å². The van der Waals surface area contributed by atoms with E-state index in [1.165, 1.54) is 0 Å². The number of hydrogen-bond donors (Lipinski definition) is 0. The van der Waals surface area contributed by atoms with Crippen LogP contribution in [0.25, 0.3) is 0 Å². The number of hydrogen-bond acceptors (Lipinski definition) is 2. The van der Waals surface area contributed by atoms with Crippen LogP contribution >= 0.6 is 0 Å². The number of piperazine rings is 1. The lowest BCUT2D eigenvalue weighted by Gasteiger charge is -2.47. The van der Waals surface area contributed by atoms with Gasteiger partial charge in [0, 0.05) is 13.1 Å². The highest BCUT2D eigenvalue weighted by Crippen LogP contribution is 2.28. The third-order valence-corrected chi connectivity index (χ3v) is 5.01. The van der Waals surface area contributed by atoms with E-state index in [9.17, 15) is 9.59 Å². The Balaban J connectivity index is 2.20. The van der Waals surface area contributed by atoms with Gasteiger partial charge in [0.15, 0.2) is 0 Å². The van der Waals surface area contributed by atoms with E-state index in [0.717, 1.165) is 51.6 Å². The Kier molecular flexibility index (Phi) is 5.06. The Morgan fingerprint density at radius 2 is 1.80 bits per heavy atom. The molecule has 4 nitrogen and oxygen atoms in total. The van der Waals surface area contributed by atoms with E-state index in [-0.39, 0.29) is 23.9 Å². The number of fused-ring (bicyclic) bond motifs is 1. The number of carbonyl (C=O) groups is 2. The smallest absolute Gasteiger partial charge is 0.246 e. The summed E-state index contributed by atoms with van der Waals surface area (Å²) in [6, 6.07) is -0.397. The zero-order chi connectivity index (χ0) is 14.7. The van der Waals surface area contributed by atoms with Gasteiger partial charge in [-0.3, -0.25) is 9.59 Å². The van der Waals surface area contributed by atoms with Crippen molar-refractivity contribution in [1.29, 1.82) is 0 Å². The van der Waals surface area contributed by atoms with Crippen LogP contribution in [0.2, 0.25) is 0 Å². The molecule has 2 aliphatic rings. The van der Waals surface area contributed by atoms with Gasteiger partial charge < -0.3 is 9.80 Å². The maximum atomic E-state index is 12.8. The summed E-state index contributed by atoms with van der Waals surface area (Å²) >= 11 is 0. The first-order valence-electron chi connectivity index (χ1n) is 8.24. The third-order valence-electron chi connectivity index (χ3n) is 5.01. The van der Waals surface area contributed by atoms with Crippen LogP contribution in [0.15, 0.2) is 0 Å². The standard InChI is InChI=1S/C16H28N2O2/c1-4-12(5-2)11-18-13(6-3)15(19)17-10-8-7-9-14(17)16(18)20/h12-14H,4-11H2,1-3H3. The van der Waals surface area contributed by atoms with Crippen LogP contribution in [-0.4, -0.2) is 46.8 Å². The van der Waals surface area contributed by atoms with E-state index >= 15 is 0 Å². The van der Waals surface area contributed by atoms with E-state index in [2.05, 4.69) is 13.8 Å². The fourth-order valence-electron chi connectivity index (χ4n) is 3.56. The summed E-state index contributed by atoms with van der Waals surface area (Å²) in [5.74, 6) is 0.891. The van der Waals surface area contributed by atoms with Gasteiger partial charge in [-0.1, -0.05) is 33.6 Å². The van der Waals surface area contributed by atoms with Crippen molar-refractivity contribution in [3.63, 3.8) is 0 Å². The monoisotopic (exact) mass is 280 g/mol. The van der Waals surface area contributed by atoms with E-state index in [4.69, 9.17) is 0 Å². The Morgan fingerprint density at radius 3 is 2.40 bits per heavy atom. The number of piperidine rings is 1. The second kappa shape index (κ2) is 6.59. The highest BCUT2D eigenvalue weighted by Gasteiger charge is 2.45. The van der Waals surface area contributed by atoms with Gasteiger partial charge in [0.05, 0.1) is 0 Å². The van der Waals surface area contributed by atoms with Gasteiger partial charge in [-0.25, -0.2) is 0 Å². The molecule has 2 unspecified atom stereocenters. The summed E-state index contributed by atoms with van der Waals surface area (Å²) in [4.78, 5) is 29.2. The van der Waals surface area contributed by atoms with Crippen LogP contribution in [0.1, 0.15) is 59.3 Å². The highest BCUT2D eigenvalue weighted by molar-refractivity contribution is 5.97. The summed E-state index contributed by atoms with van der Waals surface area (Å²) in [6.07, 6.45) is 5.82. The Hall–Kier alpha value is -1.06. The van der Waals surface area contributed by atoms with Crippen molar-refractivity contribution < 1.29 is 9.59 Å². The molecule has 0 saturated carbocycles. The first-order valence-corrected chi connectivity index (χ1v) is 8.24. The van der Waals surface area contributed by atoms with Gasteiger partial charge in [0.25, 0.3) is 0 Å². The van der Waals surface area contributed by atoms with Crippen molar-refractivity contribution in [3.05, 3.63) is 0 Å². The molecule has 0 aromatic carbocycles. The lowest BCUT2D eigenvalue weighted by molar-refractivity contribution is -0.164. The molecular formula is C16H28N2O2. The van der Waals surface area contributed by atoms with E-state index in [0.29, 0.717) is 5.92 Å². The molecule has 4 heteroatoms. The molecule has 2 saturated heterocycles. The molecule has 0 radical (unpaired) electrons. The predicted molar refractivity (Wildman–Crippen MR) is 79.2 cm³/mol. The van der Waals surface area contributed by atoms with Crippen LogP contribution in [-0.2, 0) is 9.59 Å². The average Bonchev–Trinajstić information content (AvgIpc) is 2.49. The maximum absolute atomic E-state index is 12.8. The molecule has 2 amide bonds. The van der Waals surface area contributed by atoms with Crippen molar-refractivity contribution in [2.45, 2.75) is 71.4 Å². The van der Waals surface area contributed by atoms with E-state index in [1.54, 1.807) is 0 Å². The van der Waals surface area contributed by atoms with Gasteiger partial charge in [-0.15, -0.1) is 0 Å². The molecule has 0 aromatic rings. The van der Waals surface area contributed by atoms with Crippen LogP contribution in [0.4, 0.5) is 0 Å². The zero-order valence-electron chi connectivity index (χ0n) is 13.1. The quantitative estimate of drug-likeness (QED) is 0.776. The highest BCUT2D eigenvalue weighted by atomic mass is 16.2. The number of rotatable bonds is 5. The topological polar surface area (TPSA) is 40.6 Å². The summed E-state index contributed by atoms with van der Waals surface area (Å²) in [6.45, 7) is 7.86. The van der Waals surface area contributed by atoms with Gasteiger partial charge >= 0.3 is 0 Å². The molecule has 2 fully saturated rings. The van der Waals surface area contributed by atoms with Crippen LogP contribution in [0.5, 0.6) is 0 Å². The molecule has 2 atom stereocenters. The molecule has 114 valence electrons. The van der Waals surface area contributed by atoms with Crippen LogP contribution in [0, 0.1) is 5.92 Å². The SMILES string of the molecule is CCC(CC)CN1C(=O)C2CCCCN2C(=O)C1CC. The number of amides is 2. The molecule has 0 aliphatic carbocycles. The molecular weight excluding hydrogens is 252 g/mol. The molecule has 0 spiro atoms. The lowest BCUT2D eigenvalue weighted by Crippen LogP contribution is -2.66. The first-order chi connectivity index (χ1) is 9.63. The summed E-state index contributed by atoms with van der Waals surface area (Å²) < 4.78 is 0. The van der Waals surface area contributed by atoms with E-state index in [1.807, 2.05) is 16.7 Å². The van der Waals surface area contributed by atoms with Crippen molar-refractivity contribution in [3.8, 4) is 0 Å². The largest absolute Gasteiger partial charge is 0.329 e. The zero-order valence-corrected chi connectivity index (χ0v) is 13.1. The first kappa shape index (κ1) is 15.3. The third kappa shape index (κ3) is 2.70. The molecule has 2 rings (SSSR count). The minimum Gasteiger partial charge on any atom is -0.329 e. The second-order valence-corrected chi connectivity index (χ2v) is 6.14. The molecule has 0 N–H and O–H groups in total. The molecule has 0 aromatic heterocycles. The summed E-state index contributed by atoms with van der Waals surface area (Å²) in [5.41, 5.74) is 0. The van der Waals surface area contributed by atoms with Gasteiger partial charge in [-0.05, 0) is 31.6 Å². The molecule has 2 aliphatic heterocycles. The van der Waals surface area contributed by atoms with Crippen LogP contribution in [0.3, 0.4) is 0 Å². The fraction of sp³-hybridized carbons (Fsp3) is 0.875. The van der Waals surface area contributed by atoms with Gasteiger partial charge in [0.1, 0.15) is 12.1 Å². The molecule has 2 heterocycles. The summed E-state index contributed by atoms with van der Waals surface area (Å²) in [5, 5.41) is 0. The van der Waals surface area contributed by atoms with Gasteiger partial charge in [-0.2, -0.15) is 0 Å². The maximum Gasteiger partial charge on any atom is 0.246 e. The number of carbonyl (C=O) groups excluding carboxylic acids is 2. The number of nitrogens with zero attached hydrogens (tertiary/aromatic N) is 2. The Labute approximate surface area is 122 Å². The Morgan fingerprint density at radius 1 is 1.10 bits per heavy atom. The Bertz CT molecular complexity index is 365. The molecule has 0 bridgehead atoms. The van der Waals surface area contributed by atoms with Crippen LogP contribution < -0.4 is 0 Å². The van der Waals surface area contributed by atoms with Crippen molar-refractivity contribution in [1.82, 2.24) is 9.80 Å². The normalized spacial score (nSPS) is 27.2. The lowest BCUT2D eigenvalue weighted by atomic mass is 9.92. The fourth-order valence-corrected chi connectivity index (χ4v) is 3.56. The predicted octanol–water partition coefficient (Wildman–Crippen LogP) is 2.42. The summed E-state index contributed by atoms with van der Waals surface area (Å²) in [7, 11) is 0. The molecule has 20 heavy (non-hydrogen) atoms. The minimum absolute atomic E-state index is 0.173. The van der Waals surface area contributed by atoms with Crippen molar-refractivity contribution in [2.24, 2.45) is 5.92 Å². The van der Waals surface area contributed by atoms with Crippen molar-refractivity contribution in [2.75, 3.05) is 13.1 Å². The average molecular weight is 280 g/mol. The van der Waals surface area contributed by atoms with E-state index < -0.39 is 0 Å².